The van der Waals surface area contributed by atoms with Gasteiger partial charge in [-0.1, -0.05) is 60.7 Å². The van der Waals surface area contributed by atoms with Gasteiger partial charge in [0.15, 0.2) is 11.6 Å². The number of hydrogen-bond acceptors (Lipinski definition) is 2. The highest BCUT2D eigenvalue weighted by atomic mass is 19.2. The quantitative estimate of drug-likeness (QED) is 0.541. The molecule has 0 amide bonds. The molecule has 0 radical (unpaired) electrons. The fraction of sp³-hybridized carbons (Fsp3) is 0.174. The lowest BCUT2D eigenvalue weighted by Crippen LogP contribution is -2.28. The third kappa shape index (κ3) is 4.92. The molecule has 4 heteroatoms. The molecule has 1 unspecified atom stereocenters. The molecule has 3 aromatic rings. The van der Waals surface area contributed by atoms with E-state index in [1.165, 1.54) is 6.07 Å². The molecule has 136 valence electrons. The maximum Gasteiger partial charge on any atom is 0.160 e. The van der Waals surface area contributed by atoms with Crippen molar-refractivity contribution in [2.45, 2.75) is 18.9 Å². The number of benzene rings is 3. The Morgan fingerprint density at radius 3 is 2.15 bits per heavy atom. The molecule has 0 saturated heterocycles. The zero-order chi connectivity index (χ0) is 19.1. The maximum atomic E-state index is 13.8. The fourth-order valence-corrected chi connectivity index (χ4v) is 3.14. The summed E-state index contributed by atoms with van der Waals surface area (Å²) in [5.74, 6) is -1.77. The Morgan fingerprint density at radius 1 is 0.852 bits per heavy atom. The third-order valence-electron chi connectivity index (χ3n) is 4.53. The molecule has 0 aromatic heterocycles. The van der Waals surface area contributed by atoms with Crippen LogP contribution >= 0.6 is 0 Å². The van der Waals surface area contributed by atoms with Crippen molar-refractivity contribution in [2.24, 2.45) is 0 Å². The minimum absolute atomic E-state index is 0.0342. The second-order valence-electron chi connectivity index (χ2n) is 6.43. The predicted octanol–water partition coefficient (Wildman–Crippen LogP) is 5.67. The topological polar surface area (TPSA) is 27.0 Å². The van der Waals surface area contributed by atoms with Crippen LogP contribution in [0.25, 0.3) is 0 Å². The van der Waals surface area contributed by atoms with Gasteiger partial charge in [-0.3, -0.25) is 0 Å². The van der Waals surface area contributed by atoms with Crippen molar-refractivity contribution in [3.8, 4) is 6.07 Å². The van der Waals surface area contributed by atoms with Gasteiger partial charge in [0.25, 0.3) is 0 Å². The summed E-state index contributed by atoms with van der Waals surface area (Å²) in [6, 6.07) is 25.8. The van der Waals surface area contributed by atoms with E-state index in [0.29, 0.717) is 25.2 Å². The molecule has 1 atom stereocenters. The second kappa shape index (κ2) is 8.95. The summed E-state index contributed by atoms with van der Waals surface area (Å²) in [5, 5.41) is 9.27. The average Bonchev–Trinajstić information content (AvgIpc) is 2.70. The largest absolute Gasteiger partial charge is 0.366 e. The van der Waals surface area contributed by atoms with E-state index < -0.39 is 11.6 Å². The van der Waals surface area contributed by atoms with Gasteiger partial charge in [-0.15, -0.1) is 0 Å². The molecule has 0 N–H and O–H groups in total. The Hall–Kier alpha value is -3.19. The zero-order valence-corrected chi connectivity index (χ0v) is 14.9. The Labute approximate surface area is 158 Å². The zero-order valence-electron chi connectivity index (χ0n) is 14.9. The molecular weight excluding hydrogens is 342 g/mol. The van der Waals surface area contributed by atoms with Crippen molar-refractivity contribution in [1.82, 2.24) is 0 Å². The van der Waals surface area contributed by atoms with E-state index >= 15 is 0 Å². The third-order valence-corrected chi connectivity index (χ3v) is 4.53. The molecule has 27 heavy (non-hydrogen) atoms. The number of hydrogen-bond donors (Lipinski definition) is 0. The number of nitrogens with zero attached hydrogens (tertiary/aromatic N) is 2. The van der Waals surface area contributed by atoms with Gasteiger partial charge in [0.1, 0.15) is 0 Å². The van der Waals surface area contributed by atoms with Crippen molar-refractivity contribution in [3.05, 3.63) is 102 Å². The number of rotatable bonds is 7. The average molecular weight is 362 g/mol. The molecule has 0 aliphatic heterocycles. The molecule has 0 aliphatic rings. The molecule has 0 aliphatic carbocycles. The Kier molecular flexibility index (Phi) is 6.17. The monoisotopic (exact) mass is 362 g/mol. The van der Waals surface area contributed by atoms with E-state index in [0.717, 1.165) is 17.2 Å². The van der Waals surface area contributed by atoms with Crippen LogP contribution in [0.1, 0.15) is 23.5 Å². The Bertz CT molecular complexity index is 905. The van der Waals surface area contributed by atoms with Gasteiger partial charge in [0.2, 0.25) is 0 Å². The van der Waals surface area contributed by atoms with Gasteiger partial charge >= 0.3 is 0 Å². The highest BCUT2D eigenvalue weighted by molar-refractivity contribution is 5.48. The van der Waals surface area contributed by atoms with Gasteiger partial charge < -0.3 is 4.90 Å². The molecule has 0 bridgehead atoms. The highest BCUT2D eigenvalue weighted by Gasteiger charge is 2.18. The minimum Gasteiger partial charge on any atom is -0.366 e. The van der Waals surface area contributed by atoms with Crippen molar-refractivity contribution in [2.75, 3.05) is 11.4 Å². The smallest absolute Gasteiger partial charge is 0.160 e. The van der Waals surface area contributed by atoms with Crippen LogP contribution in [-0.4, -0.2) is 6.54 Å². The molecule has 0 spiro atoms. The lowest BCUT2D eigenvalue weighted by molar-refractivity contribution is 0.507. The highest BCUT2D eigenvalue weighted by Crippen LogP contribution is 2.26. The molecular formula is C23H20F2N2. The predicted molar refractivity (Wildman–Crippen MR) is 103 cm³/mol. The first-order valence-electron chi connectivity index (χ1n) is 8.83. The number of halogens is 2. The summed E-state index contributed by atoms with van der Waals surface area (Å²) < 4.78 is 27.2. The Balaban J connectivity index is 1.92. The first-order valence-corrected chi connectivity index (χ1v) is 8.83. The first-order chi connectivity index (χ1) is 13.2. The van der Waals surface area contributed by atoms with Crippen molar-refractivity contribution in [3.63, 3.8) is 0 Å². The van der Waals surface area contributed by atoms with E-state index in [4.69, 9.17) is 0 Å². The van der Waals surface area contributed by atoms with Crippen LogP contribution in [0.3, 0.4) is 0 Å². The summed E-state index contributed by atoms with van der Waals surface area (Å²) in [5.41, 5.74) is 2.71. The van der Waals surface area contributed by atoms with Crippen LogP contribution in [0.4, 0.5) is 14.5 Å². The number of anilines is 1. The van der Waals surface area contributed by atoms with Gasteiger partial charge in [0, 0.05) is 37.2 Å². The van der Waals surface area contributed by atoms with E-state index in [1.807, 2.05) is 65.6 Å². The van der Waals surface area contributed by atoms with Crippen LogP contribution in [0.2, 0.25) is 0 Å². The summed E-state index contributed by atoms with van der Waals surface area (Å²) in [6.45, 7) is 1.07. The van der Waals surface area contributed by atoms with Crippen LogP contribution in [0.5, 0.6) is 0 Å². The molecule has 0 fully saturated rings. The fourth-order valence-electron chi connectivity index (χ4n) is 3.14. The first kappa shape index (κ1) is 18.6. The minimum atomic E-state index is -0.873. The van der Waals surface area contributed by atoms with Crippen LogP contribution in [-0.2, 0) is 6.54 Å². The normalized spacial score (nSPS) is 11.6. The van der Waals surface area contributed by atoms with Crippen LogP contribution in [0, 0.1) is 23.0 Å². The van der Waals surface area contributed by atoms with Gasteiger partial charge in [-0.2, -0.15) is 5.26 Å². The molecule has 0 heterocycles. The summed E-state index contributed by atoms with van der Waals surface area (Å²) in [6.07, 6.45) is 0.346. The maximum absolute atomic E-state index is 13.8. The SMILES string of the molecule is N#CCC(CN(Cc1ccccc1)c1ccc(F)c(F)c1)c1ccccc1. The van der Waals surface area contributed by atoms with Crippen molar-refractivity contribution < 1.29 is 8.78 Å². The van der Waals surface area contributed by atoms with Crippen LogP contribution < -0.4 is 4.90 Å². The molecule has 0 saturated carbocycles. The lowest BCUT2D eigenvalue weighted by Gasteiger charge is -2.29. The lowest BCUT2D eigenvalue weighted by atomic mass is 9.95. The number of nitriles is 1. The van der Waals surface area contributed by atoms with E-state index in [1.54, 1.807) is 6.07 Å². The summed E-state index contributed by atoms with van der Waals surface area (Å²) in [7, 11) is 0. The van der Waals surface area contributed by atoms with Crippen molar-refractivity contribution in [1.29, 1.82) is 5.26 Å². The van der Waals surface area contributed by atoms with Gasteiger partial charge in [0.05, 0.1) is 6.07 Å². The second-order valence-corrected chi connectivity index (χ2v) is 6.43. The molecule has 3 rings (SSSR count). The summed E-state index contributed by atoms with van der Waals surface area (Å²) in [4.78, 5) is 1.99. The summed E-state index contributed by atoms with van der Waals surface area (Å²) >= 11 is 0. The van der Waals surface area contributed by atoms with Crippen molar-refractivity contribution >= 4 is 5.69 Å². The molecule has 3 aromatic carbocycles. The Morgan fingerprint density at radius 2 is 1.52 bits per heavy atom. The van der Waals surface area contributed by atoms with E-state index in [9.17, 15) is 14.0 Å². The van der Waals surface area contributed by atoms with Crippen LogP contribution in [0.15, 0.2) is 78.9 Å². The van der Waals surface area contributed by atoms with E-state index in [2.05, 4.69) is 6.07 Å². The molecule has 2 nitrogen and oxygen atoms in total. The van der Waals surface area contributed by atoms with E-state index in [-0.39, 0.29) is 5.92 Å². The standard InChI is InChI=1S/C23H20F2N2/c24-22-12-11-21(15-23(22)25)27(16-18-7-3-1-4-8-18)17-20(13-14-26)19-9-5-2-6-10-19/h1-12,15,20H,13,16-17H2. The van der Waals surface area contributed by atoms with Gasteiger partial charge in [-0.05, 0) is 23.3 Å². The van der Waals surface area contributed by atoms with Gasteiger partial charge in [-0.25, -0.2) is 8.78 Å².